The molecule has 2 atom stereocenters. The third-order valence-electron chi connectivity index (χ3n) is 5.95. The topological polar surface area (TPSA) is 74.7 Å². The molecule has 0 aromatic heterocycles. The first-order chi connectivity index (χ1) is 16.1. The van der Waals surface area contributed by atoms with Crippen LogP contribution in [0.15, 0.2) is 83.3 Å². The van der Waals surface area contributed by atoms with Gasteiger partial charge in [-0.15, -0.1) is 0 Å². The second kappa shape index (κ2) is 9.55. The zero-order chi connectivity index (χ0) is 24.6. The third-order valence-corrected chi connectivity index (χ3v) is 8.57. The van der Waals surface area contributed by atoms with E-state index < -0.39 is 28.1 Å². The summed E-state index contributed by atoms with van der Waals surface area (Å²) in [5.74, 6) is -1.16. The molecule has 0 amide bonds. The monoisotopic (exact) mass is 515 g/mol. The lowest BCUT2D eigenvalue weighted by Gasteiger charge is -2.40. The van der Waals surface area contributed by atoms with Crippen LogP contribution in [-0.4, -0.2) is 23.8 Å². The Kier molecular flexibility index (Phi) is 6.87. The van der Waals surface area contributed by atoms with Crippen molar-refractivity contribution in [3.05, 3.63) is 111 Å². The molecule has 5 nitrogen and oxygen atoms in total. The van der Waals surface area contributed by atoms with E-state index in [0.717, 1.165) is 11.1 Å². The number of nitrogens with zero attached hydrogens (tertiary/aromatic N) is 1. The van der Waals surface area contributed by atoms with Crippen LogP contribution in [0.1, 0.15) is 40.8 Å². The van der Waals surface area contributed by atoms with Gasteiger partial charge in [-0.1, -0.05) is 82.9 Å². The number of aryl methyl sites for hydroxylation is 2. The van der Waals surface area contributed by atoms with Gasteiger partial charge in [-0.2, -0.15) is 4.31 Å². The molecular formula is C26H23Cl2NO4S. The number of rotatable bonds is 5. The molecule has 1 heterocycles. The van der Waals surface area contributed by atoms with Crippen LogP contribution in [-0.2, 0) is 14.8 Å². The van der Waals surface area contributed by atoms with Crippen LogP contribution in [0.5, 0.6) is 0 Å². The van der Waals surface area contributed by atoms with Crippen LogP contribution >= 0.6 is 23.2 Å². The summed E-state index contributed by atoms with van der Waals surface area (Å²) in [4.78, 5) is 12.4. The Hall–Kier alpha value is -2.64. The maximum atomic E-state index is 14.1. The molecule has 34 heavy (non-hydrogen) atoms. The highest BCUT2D eigenvalue weighted by Crippen LogP contribution is 2.46. The highest BCUT2D eigenvalue weighted by molar-refractivity contribution is 7.89. The van der Waals surface area contributed by atoms with Crippen molar-refractivity contribution in [3.8, 4) is 0 Å². The van der Waals surface area contributed by atoms with Crippen LogP contribution in [0.2, 0.25) is 10.0 Å². The molecule has 4 rings (SSSR count). The molecule has 0 spiro atoms. The van der Waals surface area contributed by atoms with Crippen molar-refractivity contribution in [1.29, 1.82) is 0 Å². The molecule has 1 N–H and O–H groups in total. The minimum Gasteiger partial charge on any atom is -0.478 e. The molecule has 8 heteroatoms. The molecule has 0 radical (unpaired) electrons. The molecule has 176 valence electrons. The standard InChI is InChI=1S/C26H23Cl2NO4S/c1-16-6-9-20(10-7-16)34(32,33)29-24(18-8-12-22(27)23(28)15-18)13-11-21(26(30)31)25(29)19-5-3-4-17(2)14-19/h3-12,14-15,24-25H,13H2,1-2H3,(H,30,31). The summed E-state index contributed by atoms with van der Waals surface area (Å²) in [6, 6.07) is 17.0. The summed E-state index contributed by atoms with van der Waals surface area (Å²) < 4.78 is 29.5. The Morgan fingerprint density at radius 1 is 0.912 bits per heavy atom. The van der Waals surface area contributed by atoms with Crippen LogP contribution < -0.4 is 0 Å². The lowest BCUT2D eigenvalue weighted by atomic mass is 9.89. The number of halogens is 2. The van der Waals surface area contributed by atoms with E-state index in [9.17, 15) is 18.3 Å². The highest BCUT2D eigenvalue weighted by atomic mass is 35.5. The summed E-state index contributed by atoms with van der Waals surface area (Å²) in [6.45, 7) is 3.75. The number of aliphatic carboxylic acids is 1. The minimum absolute atomic E-state index is 0.0117. The summed E-state index contributed by atoms with van der Waals surface area (Å²) >= 11 is 12.4. The molecule has 0 saturated heterocycles. The van der Waals surface area contributed by atoms with Crippen molar-refractivity contribution in [2.45, 2.75) is 37.2 Å². The first-order valence-electron chi connectivity index (χ1n) is 10.6. The van der Waals surface area contributed by atoms with Crippen LogP contribution in [0.25, 0.3) is 0 Å². The molecule has 3 aromatic carbocycles. The highest BCUT2D eigenvalue weighted by Gasteiger charge is 2.44. The van der Waals surface area contributed by atoms with Crippen molar-refractivity contribution < 1.29 is 18.3 Å². The number of hydrogen-bond acceptors (Lipinski definition) is 3. The molecule has 0 aliphatic carbocycles. The number of carboxylic acids is 1. The summed E-state index contributed by atoms with van der Waals surface area (Å²) in [7, 11) is -4.12. The summed E-state index contributed by atoms with van der Waals surface area (Å²) in [6.07, 6.45) is 1.77. The second-order valence-electron chi connectivity index (χ2n) is 8.35. The average molecular weight is 516 g/mol. The van der Waals surface area contributed by atoms with Crippen LogP contribution in [0.4, 0.5) is 0 Å². The lowest BCUT2D eigenvalue weighted by Crippen LogP contribution is -2.42. The van der Waals surface area contributed by atoms with Crippen molar-refractivity contribution >= 4 is 39.2 Å². The Morgan fingerprint density at radius 3 is 2.24 bits per heavy atom. The molecule has 2 unspecified atom stereocenters. The number of benzene rings is 3. The maximum absolute atomic E-state index is 14.1. The van der Waals surface area contributed by atoms with E-state index >= 15 is 0 Å². The van der Waals surface area contributed by atoms with Gasteiger partial charge in [0.25, 0.3) is 0 Å². The van der Waals surface area contributed by atoms with Gasteiger partial charge >= 0.3 is 5.97 Å². The largest absolute Gasteiger partial charge is 0.478 e. The van der Waals surface area contributed by atoms with Crippen molar-refractivity contribution in [1.82, 2.24) is 4.31 Å². The van der Waals surface area contributed by atoms with Gasteiger partial charge in [-0.25, -0.2) is 13.2 Å². The number of sulfonamides is 1. The van der Waals surface area contributed by atoms with Crippen LogP contribution in [0, 0.1) is 13.8 Å². The van der Waals surface area contributed by atoms with E-state index in [2.05, 4.69) is 0 Å². The summed E-state index contributed by atoms with van der Waals surface area (Å²) in [5.41, 5.74) is 3.03. The van der Waals surface area contributed by atoms with Crippen molar-refractivity contribution in [3.63, 3.8) is 0 Å². The quantitative estimate of drug-likeness (QED) is 0.420. The first-order valence-corrected chi connectivity index (χ1v) is 12.8. The first kappa shape index (κ1) is 24.5. The van der Waals surface area contributed by atoms with E-state index in [1.807, 2.05) is 26.0 Å². The fourth-order valence-electron chi connectivity index (χ4n) is 4.28. The Morgan fingerprint density at radius 2 is 1.62 bits per heavy atom. The summed E-state index contributed by atoms with van der Waals surface area (Å²) in [5, 5.41) is 10.7. The zero-order valence-electron chi connectivity index (χ0n) is 18.6. The molecule has 1 aliphatic rings. The molecule has 3 aromatic rings. The zero-order valence-corrected chi connectivity index (χ0v) is 20.9. The fraction of sp³-hybridized carbons (Fsp3) is 0.192. The fourth-order valence-corrected chi connectivity index (χ4v) is 6.37. The van der Waals surface area contributed by atoms with Gasteiger partial charge in [-0.3, -0.25) is 0 Å². The number of hydrogen-bond donors (Lipinski definition) is 1. The van der Waals surface area contributed by atoms with E-state index in [1.54, 1.807) is 60.7 Å². The van der Waals surface area contributed by atoms with E-state index in [-0.39, 0.29) is 16.9 Å². The van der Waals surface area contributed by atoms with Gasteiger partial charge < -0.3 is 5.11 Å². The predicted octanol–water partition coefficient (Wildman–Crippen LogP) is 6.50. The third kappa shape index (κ3) is 4.64. The molecular weight excluding hydrogens is 493 g/mol. The van der Waals surface area contributed by atoms with E-state index in [0.29, 0.717) is 21.2 Å². The van der Waals surface area contributed by atoms with Gasteiger partial charge in [0, 0.05) is 0 Å². The lowest BCUT2D eigenvalue weighted by molar-refractivity contribution is -0.133. The van der Waals surface area contributed by atoms with Crippen molar-refractivity contribution in [2.24, 2.45) is 0 Å². The number of carboxylic acid groups (broad SMARTS) is 1. The SMILES string of the molecule is Cc1ccc(S(=O)(=O)N2C(c3ccc(Cl)c(Cl)c3)CC=C(C(=O)O)C2c2cccc(C)c2)cc1. The Bertz CT molecular complexity index is 1380. The van der Waals surface area contributed by atoms with Gasteiger partial charge in [0.2, 0.25) is 10.0 Å². The van der Waals surface area contributed by atoms with Gasteiger partial charge in [0.05, 0.1) is 32.6 Å². The molecule has 0 fully saturated rings. The number of carbonyl (C=O) groups is 1. The average Bonchev–Trinajstić information content (AvgIpc) is 2.80. The predicted molar refractivity (Wildman–Crippen MR) is 134 cm³/mol. The second-order valence-corrected chi connectivity index (χ2v) is 11.0. The van der Waals surface area contributed by atoms with Crippen molar-refractivity contribution in [2.75, 3.05) is 0 Å². The molecule has 1 aliphatic heterocycles. The van der Waals surface area contributed by atoms with Crippen LogP contribution in [0.3, 0.4) is 0 Å². The van der Waals surface area contributed by atoms with E-state index in [4.69, 9.17) is 23.2 Å². The smallest absolute Gasteiger partial charge is 0.333 e. The van der Waals surface area contributed by atoms with Gasteiger partial charge in [-0.05, 0) is 55.7 Å². The Labute approximate surface area is 209 Å². The minimum atomic E-state index is -4.12. The van der Waals surface area contributed by atoms with Gasteiger partial charge in [0.15, 0.2) is 0 Å². The maximum Gasteiger partial charge on any atom is 0.333 e. The molecule has 0 saturated carbocycles. The molecule has 0 bridgehead atoms. The normalized spacial score (nSPS) is 19.0. The van der Waals surface area contributed by atoms with E-state index in [1.165, 1.54) is 4.31 Å². The Balaban J connectivity index is 1.99. The van der Waals surface area contributed by atoms with Gasteiger partial charge in [0.1, 0.15) is 0 Å².